The Morgan fingerprint density at radius 1 is 0.554 bits per heavy atom. The van der Waals surface area contributed by atoms with E-state index in [0.717, 1.165) is 23.6 Å². The fourth-order valence-corrected chi connectivity index (χ4v) is 11.6. The lowest BCUT2D eigenvalue weighted by atomic mass is 9.79. The van der Waals surface area contributed by atoms with Gasteiger partial charge >= 0.3 is 6.03 Å². The van der Waals surface area contributed by atoms with Gasteiger partial charge in [0.2, 0.25) is 12.1 Å². The number of benzene rings is 2. The number of aryl methyl sites for hydroxylation is 1. The van der Waals surface area contributed by atoms with Crippen molar-refractivity contribution < 1.29 is 27.6 Å². The molecule has 65 heavy (non-hydrogen) atoms. The number of quaternary nitrogens is 2. The first-order valence-corrected chi connectivity index (χ1v) is 27.4. The van der Waals surface area contributed by atoms with E-state index in [-0.39, 0.29) is 16.4 Å². The third kappa shape index (κ3) is 12.7. The lowest BCUT2D eigenvalue weighted by Gasteiger charge is -2.40. The Labute approximate surface area is 401 Å². The van der Waals surface area contributed by atoms with Crippen LogP contribution in [0.5, 0.6) is 11.5 Å². The predicted octanol–water partition coefficient (Wildman–Crippen LogP) is 14.4. The lowest BCUT2D eigenvalue weighted by molar-refractivity contribution is -0.929. The lowest BCUT2D eigenvalue weighted by Crippen LogP contribution is -2.61. The highest BCUT2D eigenvalue weighted by Gasteiger charge is 2.75. The average Bonchev–Trinajstić information content (AvgIpc) is 3.48. The van der Waals surface area contributed by atoms with Crippen LogP contribution in [0.15, 0.2) is 24.3 Å². The standard InChI is InChI=1S/C59H102N4O2/c1-16-22-32-62(33-23-17-2,34-24-18-3)38-28-30-48(31-29-39-63(35-25-19-4,36-26-20-5)37-27-21-6)49-40-47(7)54-50(41-49)44-60-46-58(14,15)61-45-51-42-52(56(8,9)10)43-53(57(11,12)13)55(51)65-59(60,61)64-54/h40-45,48H,16-39,46H2,1-15H3/q+4. The van der Waals surface area contributed by atoms with Gasteiger partial charge in [-0.15, -0.1) is 0 Å². The molecule has 0 bridgehead atoms. The van der Waals surface area contributed by atoms with E-state index in [1.165, 1.54) is 192 Å². The van der Waals surface area contributed by atoms with Crippen LogP contribution >= 0.6 is 0 Å². The summed E-state index contributed by atoms with van der Waals surface area (Å²) in [6, 6.07) is 8.72. The first-order chi connectivity index (χ1) is 30.8. The summed E-state index contributed by atoms with van der Waals surface area (Å²) in [4.78, 5) is 0. The second-order valence-electron chi connectivity index (χ2n) is 24.1. The highest BCUT2D eigenvalue weighted by Crippen LogP contribution is 2.47. The molecule has 1 fully saturated rings. The molecule has 366 valence electrons. The maximum absolute atomic E-state index is 7.41. The van der Waals surface area contributed by atoms with Gasteiger partial charge in [-0.25, -0.2) is 0 Å². The monoisotopic (exact) mass is 899 g/mol. The molecule has 3 heterocycles. The van der Waals surface area contributed by atoms with E-state index in [0.29, 0.717) is 5.92 Å². The Bertz CT molecular complexity index is 1830. The van der Waals surface area contributed by atoms with Gasteiger partial charge in [-0.3, -0.25) is 0 Å². The van der Waals surface area contributed by atoms with Crippen molar-refractivity contribution in [2.45, 2.75) is 235 Å². The zero-order valence-electron chi connectivity index (χ0n) is 45.3. The number of unbranched alkanes of at least 4 members (excludes halogenated alkanes) is 6. The van der Waals surface area contributed by atoms with Gasteiger partial charge in [0.05, 0.1) is 63.5 Å². The second-order valence-corrected chi connectivity index (χ2v) is 24.1. The molecule has 0 amide bonds. The summed E-state index contributed by atoms with van der Waals surface area (Å²) in [6.45, 7) is 46.7. The first kappa shape index (κ1) is 53.3. The Morgan fingerprint density at radius 2 is 0.985 bits per heavy atom. The van der Waals surface area contributed by atoms with Crippen molar-refractivity contribution in [3.63, 3.8) is 0 Å². The minimum atomic E-state index is -1.08. The van der Waals surface area contributed by atoms with E-state index in [4.69, 9.17) is 9.47 Å². The zero-order valence-corrected chi connectivity index (χ0v) is 45.3. The molecule has 2 aromatic rings. The quantitative estimate of drug-likeness (QED) is 0.0659. The Morgan fingerprint density at radius 3 is 1.42 bits per heavy atom. The van der Waals surface area contributed by atoms with Crippen LogP contribution in [-0.2, 0) is 10.8 Å². The molecule has 2 aromatic carbocycles. The summed E-state index contributed by atoms with van der Waals surface area (Å²) in [6.07, 6.45) is 25.7. The molecule has 1 atom stereocenters. The van der Waals surface area contributed by atoms with E-state index >= 15 is 0 Å². The summed E-state index contributed by atoms with van der Waals surface area (Å²) >= 11 is 0. The molecule has 0 saturated carbocycles. The van der Waals surface area contributed by atoms with E-state index in [1.54, 1.807) is 0 Å². The highest BCUT2D eigenvalue weighted by atomic mass is 16.7. The molecule has 1 saturated heterocycles. The molecule has 0 N–H and O–H groups in total. The van der Waals surface area contributed by atoms with E-state index in [2.05, 4.69) is 150 Å². The average molecular weight is 899 g/mol. The van der Waals surface area contributed by atoms with E-state index < -0.39 is 6.03 Å². The van der Waals surface area contributed by atoms with Gasteiger partial charge in [0.25, 0.3) is 0 Å². The van der Waals surface area contributed by atoms with Crippen molar-refractivity contribution in [1.29, 1.82) is 0 Å². The van der Waals surface area contributed by atoms with Crippen LogP contribution in [0.25, 0.3) is 0 Å². The van der Waals surface area contributed by atoms with Crippen molar-refractivity contribution in [2.24, 2.45) is 0 Å². The third-order valence-electron chi connectivity index (χ3n) is 15.8. The number of hydrogen-bond donors (Lipinski definition) is 0. The van der Waals surface area contributed by atoms with Gasteiger partial charge in [0, 0.05) is 19.4 Å². The zero-order chi connectivity index (χ0) is 47.7. The smallest absolute Gasteiger partial charge is 0.340 e. The minimum Gasteiger partial charge on any atom is -0.340 e. The van der Waals surface area contributed by atoms with Crippen molar-refractivity contribution >= 4 is 12.4 Å². The molecule has 3 aliphatic rings. The van der Waals surface area contributed by atoms with Crippen LogP contribution in [-0.4, -0.2) is 101 Å². The molecule has 0 aliphatic carbocycles. The first-order valence-electron chi connectivity index (χ1n) is 27.4. The summed E-state index contributed by atoms with van der Waals surface area (Å²) in [7, 11) is 0. The van der Waals surface area contributed by atoms with Crippen molar-refractivity contribution in [2.75, 3.05) is 58.9 Å². The van der Waals surface area contributed by atoms with Gasteiger partial charge in [0.1, 0.15) is 0 Å². The summed E-state index contributed by atoms with van der Waals surface area (Å²) in [5.41, 5.74) is 7.38. The normalized spacial score (nSPS) is 18.1. The summed E-state index contributed by atoms with van der Waals surface area (Å²) in [5.74, 6) is 2.45. The molecule has 6 nitrogen and oxygen atoms in total. The maximum Gasteiger partial charge on any atom is 0.704 e. The van der Waals surface area contributed by atoms with Crippen molar-refractivity contribution in [3.05, 3.63) is 57.6 Å². The SMILES string of the molecule is CCCC[N+](CCCC)(CCCC)CCCC(CCC[N+](CCCC)(CCCC)CCCC)c1cc(C)c2c(c1)C=[N+]1CC(C)(C)[N+]3=Cc4cc(C(C)(C)C)cc(C(C)(C)C)c4OC13O2. The molecule has 0 radical (unpaired) electrons. The van der Waals surface area contributed by atoms with Crippen LogP contribution in [0.4, 0.5) is 0 Å². The van der Waals surface area contributed by atoms with Crippen LogP contribution < -0.4 is 9.47 Å². The fourth-order valence-electron chi connectivity index (χ4n) is 11.6. The number of nitrogens with zero attached hydrogens (tertiary/aromatic N) is 4. The Hall–Kier alpha value is -2.70. The largest absolute Gasteiger partial charge is 0.704 e. The molecular formula is C59H102N4O2+4. The summed E-state index contributed by atoms with van der Waals surface area (Å²) < 4.78 is 22.2. The minimum absolute atomic E-state index is 0.0220. The molecule has 1 unspecified atom stereocenters. The van der Waals surface area contributed by atoms with Crippen LogP contribution in [0.2, 0.25) is 0 Å². The van der Waals surface area contributed by atoms with Gasteiger partial charge < -0.3 is 18.4 Å². The summed E-state index contributed by atoms with van der Waals surface area (Å²) in [5, 5.41) is 0. The fraction of sp³-hybridized carbons (Fsp3) is 0.763. The van der Waals surface area contributed by atoms with Gasteiger partial charge in [-0.2, -0.15) is 0 Å². The van der Waals surface area contributed by atoms with Crippen LogP contribution in [0.1, 0.15) is 239 Å². The number of ether oxygens (including phenoxy) is 2. The van der Waals surface area contributed by atoms with Gasteiger partial charge in [0.15, 0.2) is 23.9 Å². The molecule has 6 heteroatoms. The second kappa shape index (κ2) is 22.6. The van der Waals surface area contributed by atoms with Crippen LogP contribution in [0, 0.1) is 6.92 Å². The molecular weight excluding hydrogens is 797 g/mol. The molecule has 3 aliphatic heterocycles. The molecule has 0 aromatic heterocycles. The van der Waals surface area contributed by atoms with E-state index in [1.807, 2.05) is 0 Å². The topological polar surface area (TPSA) is 24.5 Å². The Kier molecular flexibility index (Phi) is 18.5. The predicted molar refractivity (Wildman–Crippen MR) is 279 cm³/mol. The number of fused-ring (bicyclic) bond motifs is 2. The third-order valence-corrected chi connectivity index (χ3v) is 15.8. The van der Waals surface area contributed by atoms with Gasteiger partial charge in [-0.1, -0.05) is 143 Å². The van der Waals surface area contributed by atoms with E-state index in [9.17, 15) is 0 Å². The maximum atomic E-state index is 7.41. The molecule has 1 spiro atoms. The number of hydrogen-bond acceptors (Lipinski definition) is 2. The highest BCUT2D eigenvalue weighted by molar-refractivity contribution is 5.85. The van der Waals surface area contributed by atoms with Crippen molar-refractivity contribution in [1.82, 2.24) is 0 Å². The van der Waals surface area contributed by atoms with Gasteiger partial charge in [-0.05, 0) is 117 Å². The van der Waals surface area contributed by atoms with Crippen LogP contribution in [0.3, 0.4) is 0 Å². The van der Waals surface area contributed by atoms with Crippen molar-refractivity contribution in [3.8, 4) is 11.5 Å². The molecule has 5 rings (SSSR count). The Balaban J connectivity index is 1.54. The number of rotatable bonds is 27.